The van der Waals surface area contributed by atoms with Gasteiger partial charge in [0.1, 0.15) is 0 Å². The van der Waals surface area contributed by atoms with E-state index in [0.29, 0.717) is 4.83 Å². The third-order valence-electron chi connectivity index (χ3n) is 2.57. The summed E-state index contributed by atoms with van der Waals surface area (Å²) in [5.41, 5.74) is 0. The van der Waals surface area contributed by atoms with Gasteiger partial charge in [-0.1, -0.05) is 77.8 Å². The van der Waals surface area contributed by atoms with Crippen LogP contribution in [0.5, 0.6) is 0 Å². The smallest absolute Gasteiger partial charge is 0.0675 e. The molecule has 0 fully saturated rings. The van der Waals surface area contributed by atoms with Gasteiger partial charge in [0.2, 0.25) is 0 Å². The maximum absolute atomic E-state index is 9.81. The summed E-state index contributed by atoms with van der Waals surface area (Å²) in [6.45, 7) is 4.30. The molecule has 0 rings (SSSR count). The first-order valence-electron chi connectivity index (χ1n) is 6.04. The second kappa shape index (κ2) is 10.1. The lowest BCUT2D eigenvalue weighted by Gasteiger charge is -2.18. The highest BCUT2D eigenvalue weighted by molar-refractivity contribution is 9.09. The molecule has 1 nitrogen and oxygen atoms in total. The topological polar surface area (TPSA) is 20.2 Å². The minimum atomic E-state index is -0.217. The van der Waals surface area contributed by atoms with Crippen LogP contribution in [0.15, 0.2) is 0 Å². The van der Waals surface area contributed by atoms with E-state index in [1.807, 2.05) is 0 Å². The molecule has 0 amide bonds. The number of hydrogen-bond acceptors (Lipinski definition) is 1. The van der Waals surface area contributed by atoms with E-state index in [1.54, 1.807) is 0 Å². The summed E-state index contributed by atoms with van der Waals surface area (Å²) in [6.07, 6.45) is 8.19. The average molecular weight is 344 g/mol. The first kappa shape index (κ1) is 15.9. The summed E-state index contributed by atoms with van der Waals surface area (Å²) in [4.78, 5) is 0.659. The Bertz CT molecular complexity index is 140. The van der Waals surface area contributed by atoms with Crippen molar-refractivity contribution in [1.82, 2.24) is 0 Å². The molecule has 0 aromatic carbocycles. The van der Waals surface area contributed by atoms with Crippen molar-refractivity contribution in [1.29, 1.82) is 0 Å². The summed E-state index contributed by atoms with van der Waals surface area (Å²) < 4.78 is 0. The molecule has 0 bridgehead atoms. The Morgan fingerprint density at radius 1 is 1.07 bits per heavy atom. The summed E-state index contributed by atoms with van der Waals surface area (Å²) in [5.74, 6) is 0. The van der Waals surface area contributed by atoms with E-state index >= 15 is 0 Å². The Morgan fingerprint density at radius 2 is 1.67 bits per heavy atom. The number of rotatable bonds is 9. The molecule has 0 radical (unpaired) electrons. The number of aliphatic hydroxyl groups excluding tert-OH is 1. The quantitative estimate of drug-likeness (QED) is 0.477. The van der Waals surface area contributed by atoms with Crippen molar-refractivity contribution in [2.75, 3.05) is 0 Å². The van der Waals surface area contributed by atoms with Crippen LogP contribution in [0.4, 0.5) is 0 Å². The first-order chi connectivity index (χ1) is 7.07. The summed E-state index contributed by atoms with van der Waals surface area (Å²) in [5, 5.41) is 9.81. The number of halogens is 2. The SMILES string of the molecule is CCCCCCCC(Br)C(O)CC(C)Br. The largest absolute Gasteiger partial charge is 0.392 e. The fourth-order valence-corrected chi connectivity index (χ4v) is 2.54. The van der Waals surface area contributed by atoms with Crippen LogP contribution in [-0.2, 0) is 0 Å². The predicted molar refractivity (Wildman–Crippen MR) is 75.1 cm³/mol. The van der Waals surface area contributed by atoms with Gasteiger partial charge in [0.15, 0.2) is 0 Å². The number of hydrogen-bond donors (Lipinski definition) is 1. The zero-order valence-corrected chi connectivity index (χ0v) is 13.1. The molecule has 0 aliphatic rings. The van der Waals surface area contributed by atoms with Crippen molar-refractivity contribution in [3.63, 3.8) is 0 Å². The zero-order chi connectivity index (χ0) is 11.7. The van der Waals surface area contributed by atoms with Crippen LogP contribution in [0, 0.1) is 0 Å². The van der Waals surface area contributed by atoms with E-state index in [-0.39, 0.29) is 10.9 Å². The van der Waals surface area contributed by atoms with Crippen molar-refractivity contribution in [3.8, 4) is 0 Å². The summed E-state index contributed by atoms with van der Waals surface area (Å²) >= 11 is 7.03. The van der Waals surface area contributed by atoms with Gasteiger partial charge in [-0.05, 0) is 12.8 Å². The van der Waals surface area contributed by atoms with E-state index < -0.39 is 0 Å². The van der Waals surface area contributed by atoms with Crippen LogP contribution in [-0.4, -0.2) is 20.9 Å². The van der Waals surface area contributed by atoms with E-state index in [0.717, 1.165) is 12.8 Å². The molecule has 0 aromatic rings. The van der Waals surface area contributed by atoms with Crippen LogP contribution in [0.3, 0.4) is 0 Å². The molecule has 0 saturated heterocycles. The molecule has 92 valence electrons. The van der Waals surface area contributed by atoms with Crippen molar-refractivity contribution in [3.05, 3.63) is 0 Å². The van der Waals surface area contributed by atoms with Crippen LogP contribution < -0.4 is 0 Å². The molecule has 0 spiro atoms. The van der Waals surface area contributed by atoms with E-state index in [1.165, 1.54) is 32.1 Å². The van der Waals surface area contributed by atoms with Crippen molar-refractivity contribution < 1.29 is 5.11 Å². The normalized spacial score (nSPS) is 17.4. The first-order valence-corrected chi connectivity index (χ1v) is 7.87. The van der Waals surface area contributed by atoms with Gasteiger partial charge in [-0.15, -0.1) is 0 Å². The molecular formula is C12H24Br2O. The molecule has 0 aliphatic heterocycles. The standard InChI is InChI=1S/C12H24Br2O/c1-3-4-5-6-7-8-11(14)12(15)9-10(2)13/h10-12,15H,3-9H2,1-2H3. The van der Waals surface area contributed by atoms with Gasteiger partial charge in [-0.3, -0.25) is 0 Å². The van der Waals surface area contributed by atoms with Crippen LogP contribution in [0.2, 0.25) is 0 Å². The zero-order valence-electron chi connectivity index (χ0n) is 9.88. The van der Waals surface area contributed by atoms with Crippen molar-refractivity contribution in [2.45, 2.75) is 74.6 Å². The van der Waals surface area contributed by atoms with Gasteiger partial charge in [-0.2, -0.15) is 0 Å². The van der Waals surface area contributed by atoms with Gasteiger partial charge in [-0.25, -0.2) is 0 Å². The molecule has 1 N–H and O–H groups in total. The Morgan fingerprint density at radius 3 is 2.20 bits per heavy atom. The Hall–Kier alpha value is 0.920. The maximum atomic E-state index is 9.81. The van der Waals surface area contributed by atoms with Crippen LogP contribution in [0.1, 0.15) is 58.8 Å². The van der Waals surface area contributed by atoms with Gasteiger partial charge < -0.3 is 5.11 Å². The minimum absolute atomic E-state index is 0.217. The second-order valence-corrected chi connectivity index (χ2v) is 7.04. The molecule has 0 aliphatic carbocycles. The lowest BCUT2D eigenvalue weighted by molar-refractivity contribution is 0.160. The van der Waals surface area contributed by atoms with Gasteiger partial charge in [0.25, 0.3) is 0 Å². The predicted octanol–water partition coefficient (Wildman–Crippen LogP) is 4.64. The third kappa shape index (κ3) is 9.83. The van der Waals surface area contributed by atoms with Gasteiger partial charge in [0, 0.05) is 9.65 Å². The van der Waals surface area contributed by atoms with Crippen LogP contribution >= 0.6 is 31.9 Å². The maximum Gasteiger partial charge on any atom is 0.0675 e. The second-order valence-electron chi connectivity index (χ2n) is 4.30. The van der Waals surface area contributed by atoms with Gasteiger partial charge in [0.05, 0.1) is 6.10 Å². The molecule has 0 heterocycles. The molecule has 0 saturated carbocycles. The Labute approximate surface area is 111 Å². The number of alkyl halides is 2. The lowest BCUT2D eigenvalue weighted by atomic mass is 10.0. The summed E-state index contributed by atoms with van der Waals surface area (Å²) in [6, 6.07) is 0. The van der Waals surface area contributed by atoms with Gasteiger partial charge >= 0.3 is 0 Å². The van der Waals surface area contributed by atoms with Crippen molar-refractivity contribution in [2.24, 2.45) is 0 Å². The molecule has 0 aromatic heterocycles. The fraction of sp³-hybridized carbons (Fsp3) is 1.00. The van der Waals surface area contributed by atoms with E-state index in [9.17, 15) is 5.11 Å². The number of aliphatic hydroxyl groups is 1. The van der Waals surface area contributed by atoms with Crippen molar-refractivity contribution >= 4 is 31.9 Å². The minimum Gasteiger partial charge on any atom is -0.392 e. The Balaban J connectivity index is 3.42. The summed E-state index contributed by atoms with van der Waals surface area (Å²) in [7, 11) is 0. The highest BCUT2D eigenvalue weighted by atomic mass is 79.9. The van der Waals surface area contributed by atoms with E-state index in [2.05, 4.69) is 45.7 Å². The number of unbranched alkanes of at least 4 members (excludes halogenated alkanes) is 4. The molecule has 3 heteroatoms. The lowest BCUT2D eigenvalue weighted by Crippen LogP contribution is -2.22. The highest BCUT2D eigenvalue weighted by Gasteiger charge is 2.16. The third-order valence-corrected chi connectivity index (χ3v) is 4.01. The monoisotopic (exact) mass is 342 g/mol. The fourth-order valence-electron chi connectivity index (χ4n) is 1.62. The molecular weight excluding hydrogens is 320 g/mol. The molecule has 3 unspecified atom stereocenters. The van der Waals surface area contributed by atoms with Crippen LogP contribution in [0.25, 0.3) is 0 Å². The average Bonchev–Trinajstić information content (AvgIpc) is 2.16. The molecule has 3 atom stereocenters. The van der Waals surface area contributed by atoms with E-state index in [4.69, 9.17) is 0 Å². The Kier molecular flexibility index (Phi) is 10.7. The highest BCUT2D eigenvalue weighted by Crippen LogP contribution is 2.20. The molecule has 15 heavy (non-hydrogen) atoms.